The van der Waals surface area contributed by atoms with Crippen molar-refractivity contribution in [3.8, 4) is 0 Å². The number of carbonyl (C=O) groups excluding carboxylic acids is 1. The minimum absolute atomic E-state index is 0.0302. The summed E-state index contributed by atoms with van der Waals surface area (Å²) in [5, 5.41) is 10.9. The molecule has 3 heterocycles. The molecule has 3 aromatic rings. The van der Waals surface area contributed by atoms with Gasteiger partial charge in [0.2, 0.25) is 0 Å². The van der Waals surface area contributed by atoms with E-state index in [0.29, 0.717) is 35.6 Å². The van der Waals surface area contributed by atoms with E-state index >= 15 is 0 Å². The van der Waals surface area contributed by atoms with Crippen LogP contribution in [0.5, 0.6) is 0 Å². The number of nitrogens with zero attached hydrogens (tertiary/aromatic N) is 3. The molecule has 1 unspecified atom stereocenters. The van der Waals surface area contributed by atoms with Crippen LogP contribution in [-0.4, -0.2) is 31.7 Å². The van der Waals surface area contributed by atoms with Gasteiger partial charge in [0.1, 0.15) is 11.5 Å². The number of amides is 1. The number of aromatic nitrogens is 4. The Hall–Kier alpha value is -2.67. The third kappa shape index (κ3) is 3.02. The summed E-state index contributed by atoms with van der Waals surface area (Å²) in [6.45, 7) is 0.534. The first-order chi connectivity index (χ1) is 12.1. The number of hydrogen-bond acceptors (Lipinski definition) is 4. The summed E-state index contributed by atoms with van der Waals surface area (Å²) in [7, 11) is 0. The predicted molar refractivity (Wildman–Crippen MR) is 93.8 cm³/mol. The topological polar surface area (TPSA) is 92.7 Å². The third-order valence-electron chi connectivity index (χ3n) is 4.49. The lowest BCUT2D eigenvalue weighted by molar-refractivity contribution is 0.0928. The molecule has 7 nitrogen and oxygen atoms in total. The molecule has 0 fully saturated rings. The number of aromatic amines is 1. The Morgan fingerprint density at radius 2 is 2.16 bits per heavy atom. The maximum Gasteiger partial charge on any atom is 0.343 e. The van der Waals surface area contributed by atoms with Gasteiger partial charge in [-0.3, -0.25) is 9.36 Å². The number of rotatable bonds is 2. The van der Waals surface area contributed by atoms with Crippen LogP contribution in [0.1, 0.15) is 29.2 Å². The molecule has 0 saturated heterocycles. The van der Waals surface area contributed by atoms with Crippen LogP contribution in [0.3, 0.4) is 0 Å². The molecule has 25 heavy (non-hydrogen) atoms. The normalized spacial score (nSPS) is 17.1. The highest BCUT2D eigenvalue weighted by atomic mass is 35.5. The lowest BCUT2D eigenvalue weighted by Crippen LogP contribution is -2.36. The number of benzene rings is 1. The Morgan fingerprint density at radius 3 is 3.04 bits per heavy atom. The highest BCUT2D eigenvalue weighted by molar-refractivity contribution is 6.35. The van der Waals surface area contributed by atoms with Crippen molar-refractivity contribution >= 4 is 28.4 Å². The van der Waals surface area contributed by atoms with Crippen molar-refractivity contribution in [2.75, 3.05) is 0 Å². The number of hydrogen-bond donors (Lipinski definition) is 2. The van der Waals surface area contributed by atoms with Gasteiger partial charge in [0.25, 0.3) is 5.91 Å². The minimum Gasteiger partial charge on any atom is -0.348 e. The second-order valence-corrected chi connectivity index (χ2v) is 6.51. The van der Waals surface area contributed by atoms with Gasteiger partial charge >= 0.3 is 5.69 Å². The average Bonchev–Trinajstić information content (AvgIpc) is 2.84. The first-order valence-electron chi connectivity index (χ1n) is 8.12. The number of nitrogens with one attached hydrogen (secondary N) is 2. The number of pyridine rings is 1. The Bertz CT molecular complexity index is 1010. The van der Waals surface area contributed by atoms with Crippen molar-refractivity contribution < 1.29 is 4.79 Å². The number of para-hydroxylation sites is 1. The molecule has 2 aromatic heterocycles. The van der Waals surface area contributed by atoms with E-state index < -0.39 is 0 Å². The Balaban J connectivity index is 1.51. The first kappa shape index (κ1) is 15.8. The maximum absolute atomic E-state index is 12.6. The molecule has 0 bridgehead atoms. The van der Waals surface area contributed by atoms with Crippen molar-refractivity contribution in [2.24, 2.45) is 0 Å². The predicted octanol–water partition coefficient (Wildman–Crippen LogP) is 1.91. The zero-order valence-electron chi connectivity index (χ0n) is 13.3. The van der Waals surface area contributed by atoms with E-state index in [9.17, 15) is 9.59 Å². The summed E-state index contributed by atoms with van der Waals surface area (Å²) < 4.78 is 1.63. The van der Waals surface area contributed by atoms with Gasteiger partial charge in [-0.25, -0.2) is 14.9 Å². The first-order valence-corrected chi connectivity index (χ1v) is 8.50. The van der Waals surface area contributed by atoms with Crippen LogP contribution >= 0.6 is 11.6 Å². The van der Waals surface area contributed by atoms with Gasteiger partial charge in [0.05, 0.1) is 10.5 Å². The molecule has 2 N–H and O–H groups in total. The van der Waals surface area contributed by atoms with Crippen molar-refractivity contribution in [1.82, 2.24) is 25.1 Å². The highest BCUT2D eigenvalue weighted by Gasteiger charge is 2.21. The second kappa shape index (κ2) is 6.33. The van der Waals surface area contributed by atoms with Crippen molar-refractivity contribution in [3.63, 3.8) is 0 Å². The third-order valence-corrected chi connectivity index (χ3v) is 4.80. The molecular formula is C17H16ClN5O2. The Labute approximate surface area is 148 Å². The molecule has 128 valence electrons. The fourth-order valence-electron chi connectivity index (χ4n) is 3.15. The highest BCUT2D eigenvalue weighted by Crippen LogP contribution is 2.21. The maximum atomic E-state index is 12.6. The number of H-pyrrole nitrogens is 1. The molecule has 0 spiro atoms. The van der Waals surface area contributed by atoms with Crippen molar-refractivity contribution in [2.45, 2.75) is 31.8 Å². The molecule has 0 saturated carbocycles. The average molecular weight is 358 g/mol. The van der Waals surface area contributed by atoms with Gasteiger partial charge in [0, 0.05) is 24.4 Å². The van der Waals surface area contributed by atoms with Crippen LogP contribution in [-0.2, 0) is 13.0 Å². The summed E-state index contributed by atoms with van der Waals surface area (Å²) in [5.41, 5.74) is 0.748. The van der Waals surface area contributed by atoms with Crippen LogP contribution in [0.4, 0.5) is 0 Å². The summed E-state index contributed by atoms with van der Waals surface area (Å²) in [4.78, 5) is 28.6. The summed E-state index contributed by atoms with van der Waals surface area (Å²) >= 11 is 6.16. The molecule has 0 radical (unpaired) electrons. The molecule has 1 aliphatic rings. The smallest absolute Gasteiger partial charge is 0.343 e. The number of carbonyl (C=O) groups is 1. The Kier molecular flexibility index (Phi) is 4.01. The Morgan fingerprint density at radius 1 is 1.28 bits per heavy atom. The van der Waals surface area contributed by atoms with Crippen molar-refractivity contribution in [3.05, 3.63) is 57.4 Å². The van der Waals surface area contributed by atoms with Gasteiger partial charge in [-0.15, -0.1) is 0 Å². The van der Waals surface area contributed by atoms with Crippen LogP contribution in [0.2, 0.25) is 5.02 Å². The fraction of sp³-hybridized carbons (Fsp3) is 0.294. The van der Waals surface area contributed by atoms with E-state index in [1.54, 1.807) is 16.7 Å². The number of fused-ring (bicyclic) bond motifs is 2. The minimum atomic E-state index is -0.236. The number of halogens is 1. The summed E-state index contributed by atoms with van der Waals surface area (Å²) in [6, 6.07) is 9.01. The van der Waals surface area contributed by atoms with E-state index in [1.165, 1.54) is 0 Å². The molecule has 1 amide bonds. The zero-order valence-corrected chi connectivity index (χ0v) is 14.1. The van der Waals surface area contributed by atoms with Gasteiger partial charge in [-0.2, -0.15) is 5.10 Å². The van der Waals surface area contributed by atoms with Crippen molar-refractivity contribution in [1.29, 1.82) is 0 Å². The molecule has 1 aliphatic heterocycles. The summed E-state index contributed by atoms with van der Waals surface area (Å²) in [5.74, 6) is 0.498. The van der Waals surface area contributed by atoms with Crippen LogP contribution in [0.25, 0.3) is 10.9 Å². The van der Waals surface area contributed by atoms with E-state index in [0.717, 1.165) is 17.6 Å². The van der Waals surface area contributed by atoms with Gasteiger partial charge in [-0.05, 0) is 25.0 Å². The van der Waals surface area contributed by atoms with E-state index in [1.807, 2.05) is 18.2 Å². The monoisotopic (exact) mass is 357 g/mol. The standard InChI is InChI=1S/C17H16ClN5O2/c18-12-3-1-2-10-4-6-13(20-15(10)12)16(24)19-11-5-7-14-21-22-17(25)23(14)9-8-11/h1-4,6,11H,5,7-9H2,(H,19,24)(H,22,25). The molecule has 0 aliphatic carbocycles. The van der Waals surface area contributed by atoms with Crippen LogP contribution in [0, 0.1) is 0 Å². The summed E-state index contributed by atoms with van der Waals surface area (Å²) in [6.07, 6.45) is 2.04. The lowest BCUT2D eigenvalue weighted by atomic mass is 10.1. The quantitative estimate of drug-likeness (QED) is 0.732. The van der Waals surface area contributed by atoms with E-state index in [-0.39, 0.29) is 17.6 Å². The molecule has 4 rings (SSSR count). The largest absolute Gasteiger partial charge is 0.348 e. The van der Waals surface area contributed by atoms with Gasteiger partial charge in [0.15, 0.2) is 0 Å². The molecule has 1 atom stereocenters. The second-order valence-electron chi connectivity index (χ2n) is 6.10. The van der Waals surface area contributed by atoms with Gasteiger partial charge < -0.3 is 5.32 Å². The van der Waals surface area contributed by atoms with Gasteiger partial charge in [-0.1, -0.05) is 29.8 Å². The zero-order chi connectivity index (χ0) is 17.4. The lowest BCUT2D eigenvalue weighted by Gasteiger charge is -2.15. The number of aryl methyl sites for hydroxylation is 1. The fourth-order valence-corrected chi connectivity index (χ4v) is 3.37. The van der Waals surface area contributed by atoms with E-state index in [4.69, 9.17) is 11.6 Å². The van der Waals surface area contributed by atoms with Crippen LogP contribution < -0.4 is 11.0 Å². The molecule has 1 aromatic carbocycles. The molecule has 8 heteroatoms. The molecular weight excluding hydrogens is 342 g/mol. The van der Waals surface area contributed by atoms with E-state index in [2.05, 4.69) is 20.5 Å². The van der Waals surface area contributed by atoms with Crippen LogP contribution in [0.15, 0.2) is 35.1 Å². The SMILES string of the molecule is O=C(NC1CCc2n[nH]c(=O)n2CC1)c1ccc2cccc(Cl)c2n1.